The molecule has 0 heterocycles. The van der Waals surface area contributed by atoms with Crippen LogP contribution in [0.1, 0.15) is 34.6 Å². The lowest BCUT2D eigenvalue weighted by molar-refractivity contribution is -0.185. The van der Waals surface area contributed by atoms with Crippen molar-refractivity contribution < 1.29 is 33.3 Å². The Morgan fingerprint density at radius 1 is 1.04 bits per heavy atom. The van der Waals surface area contributed by atoms with E-state index in [0.29, 0.717) is 5.75 Å². The summed E-state index contributed by atoms with van der Waals surface area (Å²) < 4.78 is 21.0. The van der Waals surface area contributed by atoms with Gasteiger partial charge >= 0.3 is 17.9 Å². The van der Waals surface area contributed by atoms with Crippen molar-refractivity contribution in [2.75, 3.05) is 12.4 Å². The fourth-order valence-corrected chi connectivity index (χ4v) is 2.44. The molecule has 0 aromatic carbocycles. The Balaban J connectivity index is 5.11. The first kappa shape index (κ1) is 22.3. The van der Waals surface area contributed by atoms with Crippen LogP contribution in [-0.2, 0) is 33.3 Å². The van der Waals surface area contributed by atoms with E-state index >= 15 is 0 Å². The minimum absolute atomic E-state index is 0.244. The van der Waals surface area contributed by atoms with Gasteiger partial charge in [0.2, 0.25) is 0 Å². The van der Waals surface area contributed by atoms with Crippen molar-refractivity contribution >= 4 is 29.7 Å². The molecule has 8 heteroatoms. The van der Waals surface area contributed by atoms with Gasteiger partial charge < -0.3 is 18.9 Å². The summed E-state index contributed by atoms with van der Waals surface area (Å²) in [6.07, 6.45) is 2.68. The highest BCUT2D eigenvalue weighted by Gasteiger charge is 2.34. The Morgan fingerprint density at radius 2 is 1.62 bits per heavy atom. The van der Waals surface area contributed by atoms with Gasteiger partial charge in [0.15, 0.2) is 12.2 Å². The van der Waals surface area contributed by atoms with Crippen molar-refractivity contribution in [2.45, 2.75) is 58.4 Å². The van der Waals surface area contributed by atoms with Gasteiger partial charge in [-0.3, -0.25) is 14.4 Å². The van der Waals surface area contributed by atoms with E-state index in [1.54, 1.807) is 13.8 Å². The first-order valence-corrected chi connectivity index (χ1v) is 8.40. The number of terminal acetylenes is 1. The van der Waals surface area contributed by atoms with Gasteiger partial charge in [-0.2, -0.15) is 0 Å². The Bertz CT molecular complexity index is 472. The summed E-state index contributed by atoms with van der Waals surface area (Å²) in [5.74, 6) is 1.25. The van der Waals surface area contributed by atoms with Crippen molar-refractivity contribution in [2.24, 2.45) is 0 Å². The zero-order valence-electron chi connectivity index (χ0n) is 14.6. The number of carbonyl (C=O) groups excluding carboxylic acids is 3. The average Bonchev–Trinajstić information content (AvgIpc) is 2.46. The molecule has 24 heavy (non-hydrogen) atoms. The summed E-state index contributed by atoms with van der Waals surface area (Å²) in [6.45, 7) is 6.90. The number of hydrogen-bond acceptors (Lipinski definition) is 8. The number of hydrogen-bond donors (Lipinski definition) is 0. The van der Waals surface area contributed by atoms with Crippen molar-refractivity contribution in [3.8, 4) is 12.3 Å². The number of esters is 3. The van der Waals surface area contributed by atoms with Crippen LogP contribution in [0.4, 0.5) is 0 Å². The molecule has 0 fully saturated rings. The van der Waals surface area contributed by atoms with Crippen LogP contribution in [0, 0.1) is 12.3 Å². The van der Waals surface area contributed by atoms with E-state index < -0.39 is 36.2 Å². The summed E-state index contributed by atoms with van der Waals surface area (Å²) in [4.78, 5) is 33.7. The normalized spacial score (nSPS) is 15.3. The smallest absolute Gasteiger partial charge is 0.303 e. The van der Waals surface area contributed by atoms with Crippen LogP contribution in [0.25, 0.3) is 0 Å². The predicted molar refractivity (Wildman–Crippen MR) is 89.0 cm³/mol. The molecule has 0 N–H and O–H groups in total. The second-order valence-corrected chi connectivity index (χ2v) is 6.23. The number of rotatable bonds is 10. The molecule has 0 saturated heterocycles. The molecule has 2 unspecified atom stereocenters. The van der Waals surface area contributed by atoms with Gasteiger partial charge in [-0.1, -0.05) is 5.92 Å². The van der Waals surface area contributed by atoms with Gasteiger partial charge in [0.1, 0.15) is 12.0 Å². The van der Waals surface area contributed by atoms with Gasteiger partial charge in [-0.15, -0.1) is 18.2 Å². The maximum atomic E-state index is 11.4. The molecule has 0 saturated carbocycles. The van der Waals surface area contributed by atoms with Crippen LogP contribution in [-0.4, -0.2) is 54.0 Å². The van der Waals surface area contributed by atoms with E-state index in [4.69, 9.17) is 25.4 Å². The van der Waals surface area contributed by atoms with Gasteiger partial charge in [-0.25, -0.2) is 0 Å². The highest BCUT2D eigenvalue weighted by molar-refractivity contribution is 7.99. The van der Waals surface area contributed by atoms with Crippen LogP contribution in [0.15, 0.2) is 0 Å². The van der Waals surface area contributed by atoms with Gasteiger partial charge in [0, 0.05) is 20.8 Å². The summed E-state index contributed by atoms with van der Waals surface area (Å²) in [7, 11) is 0. The van der Waals surface area contributed by atoms with Crippen molar-refractivity contribution in [1.82, 2.24) is 0 Å². The molecule has 0 radical (unpaired) electrons. The lowest BCUT2D eigenvalue weighted by atomic mass is 10.1. The molecule has 0 aromatic heterocycles. The zero-order chi connectivity index (χ0) is 18.7. The molecular formula is C16H24O7S. The number of thioether (sulfide) groups is 1. The van der Waals surface area contributed by atoms with Crippen molar-refractivity contribution in [3.05, 3.63) is 0 Å². The first-order valence-electron chi connectivity index (χ1n) is 7.35. The first-order chi connectivity index (χ1) is 11.2. The molecule has 0 bridgehead atoms. The highest BCUT2D eigenvalue weighted by Crippen LogP contribution is 2.19. The van der Waals surface area contributed by atoms with E-state index in [1.807, 2.05) is 0 Å². The lowest BCUT2D eigenvalue weighted by Crippen LogP contribution is -2.46. The SMILES string of the molecule is C#CCS[C@@H](C)OC(C)C(OC(C)=O)[C@@H](COC(C)=O)OC(C)=O. The molecule has 0 aliphatic rings. The van der Waals surface area contributed by atoms with Crippen LogP contribution in [0.2, 0.25) is 0 Å². The lowest BCUT2D eigenvalue weighted by Gasteiger charge is -2.31. The molecule has 0 spiro atoms. The molecule has 0 aliphatic carbocycles. The third kappa shape index (κ3) is 10.1. The van der Waals surface area contributed by atoms with Crippen LogP contribution in [0.3, 0.4) is 0 Å². The third-order valence-corrected chi connectivity index (χ3v) is 3.62. The van der Waals surface area contributed by atoms with Gasteiger partial charge in [0.05, 0.1) is 11.9 Å². The number of ether oxygens (including phenoxy) is 4. The third-order valence-electron chi connectivity index (χ3n) is 2.71. The van der Waals surface area contributed by atoms with E-state index in [9.17, 15) is 14.4 Å². The van der Waals surface area contributed by atoms with Crippen LogP contribution < -0.4 is 0 Å². The van der Waals surface area contributed by atoms with E-state index in [-0.39, 0.29) is 12.0 Å². The minimum atomic E-state index is -0.977. The largest absolute Gasteiger partial charge is 0.462 e. The molecule has 0 aliphatic heterocycles. The second-order valence-electron chi connectivity index (χ2n) is 4.95. The van der Waals surface area contributed by atoms with Crippen molar-refractivity contribution in [1.29, 1.82) is 0 Å². The Morgan fingerprint density at radius 3 is 2.08 bits per heavy atom. The molecule has 0 aromatic rings. The topological polar surface area (TPSA) is 88.1 Å². The standard InChI is InChI=1S/C16H24O7S/c1-7-8-24-14(6)21-10(2)16(23-13(5)19)15(22-12(4)18)9-20-11(3)17/h1,10,14-16H,8-9H2,2-6H3/t10?,14-,15+,16?/m0/s1. The van der Waals surface area contributed by atoms with Crippen LogP contribution in [0.5, 0.6) is 0 Å². The summed E-state index contributed by atoms with van der Waals surface area (Å²) in [6, 6.07) is 0. The number of carbonyl (C=O) groups is 3. The van der Waals surface area contributed by atoms with E-state index in [1.165, 1.54) is 32.5 Å². The Hall–Kier alpha value is -1.72. The van der Waals surface area contributed by atoms with E-state index in [2.05, 4.69) is 5.92 Å². The van der Waals surface area contributed by atoms with Gasteiger partial charge in [-0.05, 0) is 13.8 Å². The van der Waals surface area contributed by atoms with Gasteiger partial charge in [0.25, 0.3) is 0 Å². The summed E-state index contributed by atoms with van der Waals surface area (Å²) in [5.41, 5.74) is -0.263. The minimum Gasteiger partial charge on any atom is -0.462 e. The fraction of sp³-hybridized carbons (Fsp3) is 0.688. The Labute approximate surface area is 146 Å². The Kier molecular flexibility index (Phi) is 10.9. The zero-order valence-corrected chi connectivity index (χ0v) is 15.4. The second kappa shape index (κ2) is 11.8. The molecule has 0 rings (SSSR count). The maximum absolute atomic E-state index is 11.4. The summed E-state index contributed by atoms with van der Waals surface area (Å²) in [5, 5.41) is 0. The highest BCUT2D eigenvalue weighted by atomic mass is 32.2. The molecule has 4 atom stereocenters. The molecule has 136 valence electrons. The molecule has 0 amide bonds. The molecule has 7 nitrogen and oxygen atoms in total. The van der Waals surface area contributed by atoms with E-state index in [0.717, 1.165) is 0 Å². The quantitative estimate of drug-likeness (QED) is 0.251. The summed E-state index contributed by atoms with van der Waals surface area (Å²) >= 11 is 1.39. The maximum Gasteiger partial charge on any atom is 0.303 e. The van der Waals surface area contributed by atoms with Crippen LogP contribution >= 0.6 is 11.8 Å². The monoisotopic (exact) mass is 360 g/mol. The molecular weight excluding hydrogens is 336 g/mol. The average molecular weight is 360 g/mol. The fourth-order valence-electron chi connectivity index (χ4n) is 1.86. The predicted octanol–water partition coefficient (Wildman–Crippen LogP) is 1.53. The van der Waals surface area contributed by atoms with Crippen molar-refractivity contribution in [3.63, 3.8) is 0 Å².